The first-order valence-electron chi connectivity index (χ1n) is 6.73. The molecule has 7 nitrogen and oxygen atoms in total. The average molecular weight is 364 g/mol. The van der Waals surface area contributed by atoms with E-state index in [9.17, 15) is 18.5 Å². The monoisotopic (exact) mass is 363 g/mol. The van der Waals surface area contributed by atoms with Crippen LogP contribution in [0.3, 0.4) is 0 Å². The van der Waals surface area contributed by atoms with Gasteiger partial charge in [-0.1, -0.05) is 23.7 Å². The van der Waals surface area contributed by atoms with Gasteiger partial charge < -0.3 is 0 Å². The second kappa shape index (κ2) is 6.14. The minimum atomic E-state index is -3.72. The summed E-state index contributed by atoms with van der Waals surface area (Å²) in [5.41, 5.74) is 1.25. The Morgan fingerprint density at radius 1 is 1.08 bits per heavy atom. The van der Waals surface area contributed by atoms with Crippen LogP contribution in [0.4, 0.5) is 5.69 Å². The maximum atomic E-state index is 12.5. The van der Waals surface area contributed by atoms with E-state index in [0.717, 1.165) is 0 Å². The van der Waals surface area contributed by atoms with Gasteiger partial charge >= 0.3 is 0 Å². The molecule has 0 unspecified atom stereocenters. The van der Waals surface area contributed by atoms with Crippen molar-refractivity contribution in [2.75, 3.05) is 0 Å². The third-order valence-corrected chi connectivity index (χ3v) is 5.09. The van der Waals surface area contributed by atoms with Crippen molar-refractivity contribution in [3.8, 4) is 0 Å². The molecule has 0 N–H and O–H groups in total. The fourth-order valence-corrected chi connectivity index (χ4v) is 3.52. The van der Waals surface area contributed by atoms with E-state index >= 15 is 0 Å². The summed E-state index contributed by atoms with van der Waals surface area (Å²) in [5, 5.41) is 11.0. The van der Waals surface area contributed by atoms with E-state index < -0.39 is 14.8 Å². The van der Waals surface area contributed by atoms with Crippen molar-refractivity contribution in [1.82, 2.24) is 9.97 Å². The van der Waals surface area contributed by atoms with E-state index in [1.54, 1.807) is 18.2 Å². The number of aromatic nitrogens is 2. The number of fused-ring (bicyclic) bond motifs is 1. The minimum absolute atomic E-state index is 0.0986. The molecule has 0 radical (unpaired) electrons. The molecule has 24 heavy (non-hydrogen) atoms. The van der Waals surface area contributed by atoms with Crippen LogP contribution < -0.4 is 0 Å². The summed E-state index contributed by atoms with van der Waals surface area (Å²) in [4.78, 5) is 18.3. The fourth-order valence-electron chi connectivity index (χ4n) is 2.12. The molecule has 0 aliphatic heterocycles. The first-order valence-corrected chi connectivity index (χ1v) is 8.76. The minimum Gasteiger partial charge on any atom is -0.258 e. The van der Waals surface area contributed by atoms with Gasteiger partial charge in [0.25, 0.3) is 5.69 Å². The van der Waals surface area contributed by atoms with Crippen molar-refractivity contribution in [3.63, 3.8) is 0 Å². The molecule has 122 valence electrons. The van der Waals surface area contributed by atoms with Crippen LogP contribution in [0.2, 0.25) is 5.02 Å². The second-order valence-electron chi connectivity index (χ2n) is 5.02. The maximum Gasteiger partial charge on any atom is 0.269 e. The Morgan fingerprint density at radius 2 is 1.79 bits per heavy atom. The van der Waals surface area contributed by atoms with E-state index in [1.807, 2.05) is 0 Å². The number of non-ortho nitro benzene ring substituents is 1. The van der Waals surface area contributed by atoms with Gasteiger partial charge in [0.15, 0.2) is 5.03 Å². The molecular weight excluding hydrogens is 354 g/mol. The van der Waals surface area contributed by atoms with Crippen molar-refractivity contribution in [2.45, 2.75) is 10.8 Å². The van der Waals surface area contributed by atoms with Crippen LogP contribution in [-0.4, -0.2) is 23.3 Å². The summed E-state index contributed by atoms with van der Waals surface area (Å²) in [6.07, 6.45) is 1.18. The molecule has 0 bridgehead atoms. The van der Waals surface area contributed by atoms with Gasteiger partial charge in [0.1, 0.15) is 0 Å². The Balaban J connectivity index is 1.92. The lowest BCUT2D eigenvalue weighted by atomic mass is 10.2. The predicted octanol–water partition coefficient (Wildman–Crippen LogP) is 3.17. The highest BCUT2D eigenvalue weighted by Crippen LogP contribution is 2.20. The Labute approximate surface area is 142 Å². The Hall–Kier alpha value is -2.58. The third kappa shape index (κ3) is 3.34. The molecule has 3 aromatic rings. The summed E-state index contributed by atoms with van der Waals surface area (Å²) in [6.45, 7) is 0. The van der Waals surface area contributed by atoms with Gasteiger partial charge in [-0.05, 0) is 23.8 Å². The van der Waals surface area contributed by atoms with Gasteiger partial charge in [-0.2, -0.15) is 0 Å². The molecule has 1 heterocycles. The normalized spacial score (nSPS) is 11.5. The first kappa shape index (κ1) is 16.3. The smallest absolute Gasteiger partial charge is 0.258 e. The second-order valence-corrected chi connectivity index (χ2v) is 7.40. The lowest BCUT2D eigenvalue weighted by Gasteiger charge is -2.05. The lowest BCUT2D eigenvalue weighted by Crippen LogP contribution is -2.08. The van der Waals surface area contributed by atoms with Crippen LogP contribution in [0.5, 0.6) is 0 Å². The first-order chi connectivity index (χ1) is 11.3. The molecule has 2 aromatic carbocycles. The van der Waals surface area contributed by atoms with Crippen molar-refractivity contribution in [1.29, 1.82) is 0 Å². The third-order valence-electron chi connectivity index (χ3n) is 3.30. The largest absolute Gasteiger partial charge is 0.269 e. The average Bonchev–Trinajstić information content (AvgIpc) is 2.54. The fraction of sp³-hybridized carbons (Fsp3) is 0.0667. The van der Waals surface area contributed by atoms with Crippen molar-refractivity contribution in [2.24, 2.45) is 0 Å². The van der Waals surface area contributed by atoms with Gasteiger partial charge in [0.2, 0.25) is 9.84 Å². The number of nitro groups is 1. The Bertz CT molecular complexity index is 1040. The molecular formula is C15H10ClN3O4S. The molecule has 1 aromatic heterocycles. The predicted molar refractivity (Wildman–Crippen MR) is 88.5 cm³/mol. The van der Waals surface area contributed by atoms with E-state index in [1.165, 1.54) is 30.5 Å². The van der Waals surface area contributed by atoms with Crippen LogP contribution in [0, 0.1) is 10.1 Å². The molecule has 0 saturated heterocycles. The zero-order valence-electron chi connectivity index (χ0n) is 12.1. The highest BCUT2D eigenvalue weighted by atomic mass is 35.5. The number of sulfone groups is 1. The van der Waals surface area contributed by atoms with Crippen LogP contribution >= 0.6 is 11.6 Å². The van der Waals surface area contributed by atoms with Crippen LogP contribution in [0.25, 0.3) is 11.0 Å². The molecule has 0 amide bonds. The topological polar surface area (TPSA) is 103 Å². The lowest BCUT2D eigenvalue weighted by molar-refractivity contribution is -0.384. The summed E-state index contributed by atoms with van der Waals surface area (Å²) in [7, 11) is -3.72. The highest BCUT2D eigenvalue weighted by Gasteiger charge is 2.19. The molecule has 9 heteroatoms. The van der Waals surface area contributed by atoms with Crippen molar-refractivity contribution >= 4 is 38.2 Å². The SMILES string of the molecule is O=[N+]([O-])c1ccc(CS(=O)(=O)c2cnc3cc(Cl)ccc3n2)cc1. The summed E-state index contributed by atoms with van der Waals surface area (Å²) >= 11 is 5.86. The number of rotatable bonds is 4. The van der Waals surface area contributed by atoms with Gasteiger partial charge in [0, 0.05) is 17.2 Å². The van der Waals surface area contributed by atoms with Crippen LogP contribution in [-0.2, 0) is 15.6 Å². The molecule has 0 saturated carbocycles. The van der Waals surface area contributed by atoms with E-state index in [-0.39, 0.29) is 16.5 Å². The molecule has 0 atom stereocenters. The van der Waals surface area contributed by atoms with Gasteiger partial charge in [-0.3, -0.25) is 15.1 Å². The van der Waals surface area contributed by atoms with Crippen LogP contribution in [0.1, 0.15) is 5.56 Å². The van der Waals surface area contributed by atoms with Gasteiger partial charge in [-0.15, -0.1) is 0 Å². The highest BCUT2D eigenvalue weighted by molar-refractivity contribution is 7.90. The van der Waals surface area contributed by atoms with Gasteiger partial charge in [-0.25, -0.2) is 13.4 Å². The Morgan fingerprint density at radius 3 is 2.46 bits per heavy atom. The number of nitrogens with zero attached hydrogens (tertiary/aromatic N) is 3. The molecule has 0 aliphatic rings. The van der Waals surface area contributed by atoms with E-state index in [4.69, 9.17) is 11.6 Å². The van der Waals surface area contributed by atoms with E-state index in [2.05, 4.69) is 9.97 Å². The zero-order valence-corrected chi connectivity index (χ0v) is 13.7. The summed E-state index contributed by atoms with van der Waals surface area (Å²) in [5.74, 6) is -0.321. The zero-order chi connectivity index (χ0) is 17.3. The number of hydrogen-bond donors (Lipinski definition) is 0. The number of benzene rings is 2. The summed E-state index contributed by atoms with van der Waals surface area (Å²) < 4.78 is 24.9. The molecule has 3 rings (SSSR count). The van der Waals surface area contributed by atoms with E-state index in [0.29, 0.717) is 21.6 Å². The summed E-state index contributed by atoms with van der Waals surface area (Å²) in [6, 6.07) is 10.1. The molecule has 0 spiro atoms. The quantitative estimate of drug-likeness (QED) is 0.521. The number of hydrogen-bond acceptors (Lipinski definition) is 6. The maximum absolute atomic E-state index is 12.5. The standard InChI is InChI=1S/C15H10ClN3O4S/c16-11-3-6-13-14(7-11)17-8-15(18-13)24(22,23)9-10-1-4-12(5-2-10)19(20)21/h1-8H,9H2. The van der Waals surface area contributed by atoms with Crippen LogP contribution in [0.15, 0.2) is 53.7 Å². The Kier molecular flexibility index (Phi) is 4.16. The number of halogens is 1. The molecule has 0 fully saturated rings. The van der Waals surface area contributed by atoms with Crippen molar-refractivity contribution < 1.29 is 13.3 Å². The van der Waals surface area contributed by atoms with Gasteiger partial charge in [0.05, 0.1) is 27.9 Å². The number of nitro benzene ring substituents is 1. The molecule has 0 aliphatic carbocycles. The van der Waals surface area contributed by atoms with Crippen molar-refractivity contribution in [3.05, 3.63) is 69.4 Å².